The third kappa shape index (κ3) is 5.30. The molecular formula is C17H18O2. The molecule has 0 aromatic heterocycles. The Labute approximate surface area is 114 Å². The van der Waals surface area contributed by atoms with Gasteiger partial charge in [0.05, 0.1) is 5.57 Å². The molecule has 0 atom stereocenters. The lowest BCUT2D eigenvalue weighted by molar-refractivity contribution is -0.119. The minimum absolute atomic E-state index is 0.207. The average molecular weight is 254 g/mol. The van der Waals surface area contributed by atoms with E-state index in [1.807, 2.05) is 49.4 Å². The fourth-order valence-corrected chi connectivity index (χ4v) is 1.64. The Bertz CT molecular complexity index is 530. The first-order valence-corrected chi connectivity index (χ1v) is 6.14. The van der Waals surface area contributed by atoms with E-state index in [4.69, 9.17) is 0 Å². The molecule has 0 N–H and O–H groups in total. The molecule has 1 aromatic rings. The predicted molar refractivity (Wildman–Crippen MR) is 78.7 cm³/mol. The first kappa shape index (κ1) is 14.8. The number of rotatable bonds is 5. The largest absolute Gasteiger partial charge is 0.294 e. The van der Waals surface area contributed by atoms with Crippen LogP contribution in [0.1, 0.15) is 26.3 Å². The number of carbonyl (C=O) groups excluding carboxylic acids is 2. The van der Waals surface area contributed by atoms with Crippen molar-refractivity contribution >= 4 is 17.6 Å². The maximum atomic E-state index is 11.2. The molecule has 0 heterocycles. The molecule has 19 heavy (non-hydrogen) atoms. The maximum Gasteiger partial charge on any atom is 0.163 e. The molecule has 0 spiro atoms. The zero-order valence-electron chi connectivity index (χ0n) is 11.5. The summed E-state index contributed by atoms with van der Waals surface area (Å²) >= 11 is 0. The summed E-state index contributed by atoms with van der Waals surface area (Å²) in [7, 11) is 0. The van der Waals surface area contributed by atoms with Crippen LogP contribution in [-0.2, 0) is 9.59 Å². The zero-order valence-corrected chi connectivity index (χ0v) is 11.5. The van der Waals surface area contributed by atoms with Crippen LogP contribution in [0.25, 0.3) is 6.08 Å². The van der Waals surface area contributed by atoms with Crippen LogP contribution in [0.5, 0.6) is 0 Å². The van der Waals surface area contributed by atoms with E-state index in [-0.39, 0.29) is 17.1 Å². The van der Waals surface area contributed by atoms with Crippen LogP contribution in [-0.4, -0.2) is 11.6 Å². The highest BCUT2D eigenvalue weighted by atomic mass is 16.1. The molecule has 0 saturated carbocycles. The number of Topliss-reactive ketones (excluding diaryl/α,β-unsaturated/α-hetero) is 2. The number of ketones is 2. The van der Waals surface area contributed by atoms with E-state index in [1.54, 1.807) is 12.2 Å². The van der Waals surface area contributed by atoms with Crippen molar-refractivity contribution < 1.29 is 9.59 Å². The normalized spacial score (nSPS) is 11.4. The second kappa shape index (κ2) is 7.27. The molecule has 2 heteroatoms. The van der Waals surface area contributed by atoms with Crippen LogP contribution >= 0.6 is 0 Å². The lowest BCUT2D eigenvalue weighted by Crippen LogP contribution is -2.05. The predicted octanol–water partition coefficient (Wildman–Crippen LogP) is 3.75. The molecule has 0 radical (unpaired) electrons. The van der Waals surface area contributed by atoms with E-state index in [9.17, 15) is 9.59 Å². The molecule has 0 fully saturated rings. The number of carbonyl (C=O) groups is 2. The molecule has 98 valence electrons. The van der Waals surface area contributed by atoms with Crippen LogP contribution in [0.3, 0.4) is 0 Å². The molecule has 1 rings (SSSR count). The van der Waals surface area contributed by atoms with Crippen LogP contribution in [0.4, 0.5) is 0 Å². The first-order chi connectivity index (χ1) is 9.00. The molecule has 0 aliphatic heterocycles. The third-order valence-electron chi connectivity index (χ3n) is 2.57. The second-order valence-electron chi connectivity index (χ2n) is 4.35. The van der Waals surface area contributed by atoms with E-state index in [0.717, 1.165) is 11.1 Å². The van der Waals surface area contributed by atoms with Gasteiger partial charge < -0.3 is 0 Å². The fourth-order valence-electron chi connectivity index (χ4n) is 1.64. The van der Waals surface area contributed by atoms with Gasteiger partial charge in [0.15, 0.2) is 11.6 Å². The van der Waals surface area contributed by atoms with Gasteiger partial charge in [0.25, 0.3) is 0 Å². The maximum absolute atomic E-state index is 11.2. The topological polar surface area (TPSA) is 34.1 Å². The number of benzene rings is 1. The van der Waals surface area contributed by atoms with Crippen molar-refractivity contribution in [3.8, 4) is 0 Å². The monoisotopic (exact) mass is 254 g/mol. The van der Waals surface area contributed by atoms with Gasteiger partial charge in [0, 0.05) is 0 Å². The zero-order chi connectivity index (χ0) is 14.3. The van der Waals surface area contributed by atoms with Crippen molar-refractivity contribution in [3.05, 3.63) is 65.3 Å². The van der Waals surface area contributed by atoms with E-state index in [0.29, 0.717) is 0 Å². The van der Waals surface area contributed by atoms with E-state index in [2.05, 4.69) is 0 Å². The molecule has 2 nitrogen and oxygen atoms in total. The Hall–Kier alpha value is -2.22. The van der Waals surface area contributed by atoms with Gasteiger partial charge in [-0.1, -0.05) is 54.1 Å². The van der Waals surface area contributed by atoms with Crippen LogP contribution in [0, 0.1) is 0 Å². The van der Waals surface area contributed by atoms with Crippen molar-refractivity contribution in [2.75, 3.05) is 0 Å². The number of hydrogen-bond acceptors (Lipinski definition) is 2. The molecule has 0 saturated heterocycles. The summed E-state index contributed by atoms with van der Waals surface area (Å²) in [5.41, 5.74) is 2.39. The summed E-state index contributed by atoms with van der Waals surface area (Å²) in [6, 6.07) is 9.96. The quantitative estimate of drug-likeness (QED) is 0.347. The summed E-state index contributed by atoms with van der Waals surface area (Å²) < 4.78 is 0. The molecule has 0 unspecified atom stereocenters. The summed E-state index contributed by atoms with van der Waals surface area (Å²) in [6.45, 7) is 4.76. The van der Waals surface area contributed by atoms with Gasteiger partial charge in [-0.2, -0.15) is 0 Å². The van der Waals surface area contributed by atoms with Crippen molar-refractivity contribution in [1.82, 2.24) is 0 Å². The Morgan fingerprint density at radius 1 is 0.947 bits per heavy atom. The van der Waals surface area contributed by atoms with Crippen molar-refractivity contribution in [2.45, 2.75) is 20.8 Å². The van der Waals surface area contributed by atoms with Gasteiger partial charge in [-0.15, -0.1) is 0 Å². The first-order valence-electron chi connectivity index (χ1n) is 6.14. The van der Waals surface area contributed by atoms with Crippen LogP contribution in [0.2, 0.25) is 0 Å². The minimum atomic E-state index is -0.207. The average Bonchev–Trinajstić information content (AvgIpc) is 2.34. The standard InChI is InChI=1S/C17H18O2/c1-13(12-16-9-5-4-6-10-16)8-7-11-17(14(2)18)15(3)19/h4-12H,1-3H3/b8-7+,13-12+. The van der Waals surface area contributed by atoms with Gasteiger partial charge in [-0.25, -0.2) is 0 Å². The van der Waals surface area contributed by atoms with E-state index in [1.165, 1.54) is 13.8 Å². The van der Waals surface area contributed by atoms with Gasteiger partial charge in [-0.3, -0.25) is 9.59 Å². The SMILES string of the molecule is CC(=O)C(=C/C=C/C(C)=C/c1ccccc1)C(C)=O. The lowest BCUT2D eigenvalue weighted by Gasteiger charge is -1.96. The van der Waals surface area contributed by atoms with Crippen molar-refractivity contribution in [1.29, 1.82) is 0 Å². The summed E-state index contributed by atoms with van der Waals surface area (Å²) in [4.78, 5) is 22.4. The summed E-state index contributed by atoms with van der Waals surface area (Å²) in [5.74, 6) is -0.413. The Morgan fingerprint density at radius 2 is 1.53 bits per heavy atom. The minimum Gasteiger partial charge on any atom is -0.294 e. The highest BCUT2D eigenvalue weighted by molar-refractivity contribution is 6.18. The second-order valence-corrected chi connectivity index (χ2v) is 4.35. The molecule has 0 amide bonds. The Kier molecular flexibility index (Phi) is 5.68. The van der Waals surface area contributed by atoms with Gasteiger partial charge in [0.1, 0.15) is 0 Å². The molecule has 1 aromatic carbocycles. The fraction of sp³-hybridized carbons (Fsp3) is 0.176. The number of hydrogen-bond donors (Lipinski definition) is 0. The smallest absolute Gasteiger partial charge is 0.163 e. The van der Waals surface area contributed by atoms with Gasteiger partial charge in [-0.05, 0) is 32.4 Å². The van der Waals surface area contributed by atoms with Crippen LogP contribution in [0.15, 0.2) is 59.7 Å². The van der Waals surface area contributed by atoms with Crippen molar-refractivity contribution in [2.24, 2.45) is 0 Å². The molecule has 0 bridgehead atoms. The molecular weight excluding hydrogens is 236 g/mol. The highest BCUT2D eigenvalue weighted by Gasteiger charge is 2.06. The van der Waals surface area contributed by atoms with E-state index >= 15 is 0 Å². The Balaban J connectivity index is 2.82. The van der Waals surface area contributed by atoms with Crippen LogP contribution < -0.4 is 0 Å². The molecule has 0 aliphatic carbocycles. The Morgan fingerprint density at radius 3 is 2.05 bits per heavy atom. The summed E-state index contributed by atoms with van der Waals surface area (Å²) in [5, 5.41) is 0. The van der Waals surface area contributed by atoms with Gasteiger partial charge in [0.2, 0.25) is 0 Å². The molecule has 0 aliphatic rings. The van der Waals surface area contributed by atoms with E-state index < -0.39 is 0 Å². The van der Waals surface area contributed by atoms with Gasteiger partial charge >= 0.3 is 0 Å². The highest BCUT2D eigenvalue weighted by Crippen LogP contribution is 2.07. The van der Waals surface area contributed by atoms with Crippen molar-refractivity contribution in [3.63, 3.8) is 0 Å². The lowest BCUT2D eigenvalue weighted by atomic mass is 10.1. The summed E-state index contributed by atoms with van der Waals surface area (Å²) in [6.07, 6.45) is 7.20. The third-order valence-corrected chi connectivity index (χ3v) is 2.57. The number of allylic oxidation sites excluding steroid dienone is 5.